The lowest BCUT2D eigenvalue weighted by atomic mass is 9.85. The molecule has 0 radical (unpaired) electrons. The topological polar surface area (TPSA) is 109 Å². The molecule has 12 heteroatoms. The summed E-state index contributed by atoms with van der Waals surface area (Å²) in [6.45, 7) is 1.74. The van der Waals surface area contributed by atoms with Crippen molar-refractivity contribution in [3.63, 3.8) is 0 Å². The van der Waals surface area contributed by atoms with E-state index < -0.39 is 0 Å². The number of nitrogens with zero attached hydrogens (tertiary/aromatic N) is 2. The SMILES string of the molecule is CO[C@@H]1C[C@H](NC(=O)c2nc3c(s2)CN(C)CC3)[C@H](NC(=O)c2cc3cc(Cl)ccc3[nH]2)C[C@H]1OC.Cl. The van der Waals surface area contributed by atoms with E-state index in [4.69, 9.17) is 21.1 Å². The maximum Gasteiger partial charge on any atom is 0.280 e. The Kier molecular flexibility index (Phi) is 8.77. The summed E-state index contributed by atoms with van der Waals surface area (Å²) in [5.41, 5.74) is 2.26. The summed E-state index contributed by atoms with van der Waals surface area (Å²) in [4.78, 5) is 37.5. The number of aromatic amines is 1. The van der Waals surface area contributed by atoms with E-state index in [-0.39, 0.29) is 48.5 Å². The average Bonchev–Trinajstić information content (AvgIpc) is 3.48. The zero-order valence-electron chi connectivity index (χ0n) is 20.9. The summed E-state index contributed by atoms with van der Waals surface area (Å²) in [5, 5.41) is 8.14. The molecule has 1 aliphatic heterocycles. The number of H-pyrrole nitrogens is 1. The zero-order chi connectivity index (χ0) is 25.4. The third-order valence-electron chi connectivity index (χ3n) is 7.06. The Hall–Kier alpha value is -2.21. The molecule has 0 spiro atoms. The van der Waals surface area contributed by atoms with E-state index in [0.29, 0.717) is 28.6 Å². The van der Waals surface area contributed by atoms with Gasteiger partial charge in [-0.1, -0.05) is 11.6 Å². The first-order chi connectivity index (χ1) is 17.3. The smallest absolute Gasteiger partial charge is 0.280 e. The van der Waals surface area contributed by atoms with Crippen molar-refractivity contribution in [3.05, 3.63) is 50.6 Å². The minimum atomic E-state index is -0.353. The van der Waals surface area contributed by atoms with Gasteiger partial charge in [-0.25, -0.2) is 4.98 Å². The summed E-state index contributed by atoms with van der Waals surface area (Å²) in [6, 6.07) is 6.50. The Morgan fingerprint density at radius 1 is 1.11 bits per heavy atom. The van der Waals surface area contributed by atoms with E-state index in [1.165, 1.54) is 11.3 Å². The molecule has 37 heavy (non-hydrogen) atoms. The van der Waals surface area contributed by atoms with Crippen LogP contribution in [-0.2, 0) is 22.4 Å². The van der Waals surface area contributed by atoms with Crippen molar-refractivity contribution in [2.24, 2.45) is 0 Å². The molecule has 9 nitrogen and oxygen atoms in total. The van der Waals surface area contributed by atoms with Gasteiger partial charge in [0.2, 0.25) is 0 Å². The molecule has 5 rings (SSSR count). The number of fused-ring (bicyclic) bond motifs is 2. The van der Waals surface area contributed by atoms with Crippen LogP contribution in [0.25, 0.3) is 10.9 Å². The van der Waals surface area contributed by atoms with Crippen LogP contribution in [0.3, 0.4) is 0 Å². The second kappa shape index (κ2) is 11.7. The standard InChI is InChI=1S/C25H30ClN5O4S.ClH/c1-31-7-6-16-22(12-31)36-25(30-16)24(33)29-18-11-21(35-3)20(34-2)10-17(18)28-23(32)19-9-13-8-14(26)4-5-15(13)27-19;/h4-5,8-9,17-18,20-21,27H,6-7,10-12H2,1-3H3,(H,28,32)(H,29,33);1H/t17-,18+,20-,21-;/m1./s1. The Balaban J connectivity index is 0.00000320. The van der Waals surface area contributed by atoms with Gasteiger partial charge in [-0.05, 0) is 44.2 Å². The lowest BCUT2D eigenvalue weighted by Gasteiger charge is -2.40. The van der Waals surface area contributed by atoms with Gasteiger partial charge in [-0.3, -0.25) is 9.59 Å². The molecule has 3 N–H and O–H groups in total. The normalized spacial score (nSPS) is 23.8. The molecule has 3 aromatic rings. The molecule has 0 unspecified atom stereocenters. The molecule has 0 saturated heterocycles. The van der Waals surface area contributed by atoms with Crippen molar-refractivity contribution >= 4 is 58.1 Å². The number of halogens is 2. The van der Waals surface area contributed by atoms with Gasteiger partial charge in [0.1, 0.15) is 5.69 Å². The quantitative estimate of drug-likeness (QED) is 0.421. The number of rotatable bonds is 6. The minimum absolute atomic E-state index is 0. The molecule has 3 heterocycles. The van der Waals surface area contributed by atoms with Crippen molar-refractivity contribution in [1.29, 1.82) is 0 Å². The highest BCUT2D eigenvalue weighted by Gasteiger charge is 2.40. The molecule has 4 atom stereocenters. The number of nitrogens with one attached hydrogen (secondary N) is 3. The first kappa shape index (κ1) is 27.8. The number of amides is 2. The molecule has 200 valence electrons. The fourth-order valence-electron chi connectivity index (χ4n) is 5.07. The number of carbonyl (C=O) groups is 2. The monoisotopic (exact) mass is 567 g/mol. The third-order valence-corrected chi connectivity index (χ3v) is 8.37. The number of thiazole rings is 1. The van der Waals surface area contributed by atoms with Crippen LogP contribution >= 0.6 is 35.3 Å². The van der Waals surface area contributed by atoms with Gasteiger partial charge >= 0.3 is 0 Å². The number of ether oxygens (including phenoxy) is 2. The largest absolute Gasteiger partial charge is 0.379 e. The van der Waals surface area contributed by atoms with Crippen LogP contribution in [0.15, 0.2) is 24.3 Å². The highest BCUT2D eigenvalue weighted by Crippen LogP contribution is 2.28. The Morgan fingerprint density at radius 3 is 2.46 bits per heavy atom. The van der Waals surface area contributed by atoms with Crippen molar-refractivity contribution in [2.45, 2.75) is 50.1 Å². The Labute approximate surface area is 230 Å². The number of aromatic nitrogens is 2. The van der Waals surface area contributed by atoms with Crippen molar-refractivity contribution in [1.82, 2.24) is 25.5 Å². The van der Waals surface area contributed by atoms with Crippen LogP contribution in [0, 0.1) is 0 Å². The first-order valence-electron chi connectivity index (χ1n) is 12.0. The van der Waals surface area contributed by atoms with Crippen LogP contribution in [0.2, 0.25) is 5.02 Å². The summed E-state index contributed by atoms with van der Waals surface area (Å²) in [5.74, 6) is -0.489. The molecule has 1 saturated carbocycles. The second-order valence-corrected chi connectivity index (χ2v) is 11.0. The van der Waals surface area contributed by atoms with E-state index in [1.807, 2.05) is 12.1 Å². The van der Waals surface area contributed by atoms with Gasteiger partial charge in [0, 0.05) is 54.5 Å². The zero-order valence-corrected chi connectivity index (χ0v) is 23.3. The Morgan fingerprint density at radius 2 is 1.78 bits per heavy atom. The molecule has 1 aliphatic carbocycles. The second-order valence-electron chi connectivity index (χ2n) is 9.47. The maximum atomic E-state index is 13.2. The summed E-state index contributed by atoms with van der Waals surface area (Å²) < 4.78 is 11.3. The molecule has 0 bridgehead atoms. The van der Waals surface area contributed by atoms with Crippen molar-refractivity contribution in [3.8, 4) is 0 Å². The van der Waals surface area contributed by atoms with Crippen LogP contribution in [0.1, 0.15) is 43.7 Å². The van der Waals surface area contributed by atoms with Gasteiger partial charge < -0.3 is 30.0 Å². The van der Waals surface area contributed by atoms with Gasteiger partial charge in [0.15, 0.2) is 5.01 Å². The predicted molar refractivity (Wildman–Crippen MR) is 146 cm³/mol. The van der Waals surface area contributed by atoms with Gasteiger partial charge in [-0.15, -0.1) is 23.7 Å². The highest BCUT2D eigenvalue weighted by molar-refractivity contribution is 7.13. The number of hydrogen-bond donors (Lipinski definition) is 3. The molecular formula is C25H31Cl2N5O4S. The van der Waals surface area contributed by atoms with Crippen molar-refractivity contribution < 1.29 is 19.1 Å². The molecular weight excluding hydrogens is 537 g/mol. The number of hydrogen-bond acceptors (Lipinski definition) is 7. The number of likely N-dealkylation sites (N-methyl/N-ethyl adjacent to an activating group) is 1. The fraction of sp³-hybridized carbons (Fsp3) is 0.480. The van der Waals surface area contributed by atoms with Crippen molar-refractivity contribution in [2.75, 3.05) is 27.8 Å². The molecule has 2 aromatic heterocycles. The van der Waals surface area contributed by atoms with E-state index in [2.05, 4.69) is 32.5 Å². The van der Waals surface area contributed by atoms with E-state index in [0.717, 1.165) is 41.0 Å². The van der Waals surface area contributed by atoms with Crippen LogP contribution in [0.4, 0.5) is 0 Å². The van der Waals surface area contributed by atoms with Crippen LogP contribution in [0.5, 0.6) is 0 Å². The number of methoxy groups -OCH3 is 2. The Bertz CT molecular complexity index is 1280. The first-order valence-corrected chi connectivity index (χ1v) is 13.2. The third kappa shape index (κ3) is 5.94. The summed E-state index contributed by atoms with van der Waals surface area (Å²) in [6.07, 6.45) is 1.42. The van der Waals surface area contributed by atoms with Gasteiger partial charge in [-0.2, -0.15) is 0 Å². The van der Waals surface area contributed by atoms with E-state index in [1.54, 1.807) is 26.4 Å². The average molecular weight is 569 g/mol. The van der Waals surface area contributed by atoms with Crippen LogP contribution < -0.4 is 10.6 Å². The molecule has 2 amide bonds. The predicted octanol–water partition coefficient (Wildman–Crippen LogP) is 3.41. The van der Waals surface area contributed by atoms with E-state index >= 15 is 0 Å². The lowest BCUT2D eigenvalue weighted by Crippen LogP contribution is -2.59. The molecule has 1 aromatic carbocycles. The van der Waals surface area contributed by atoms with Crippen LogP contribution in [-0.4, -0.2) is 78.8 Å². The minimum Gasteiger partial charge on any atom is -0.379 e. The molecule has 1 fully saturated rings. The maximum absolute atomic E-state index is 13.2. The van der Waals surface area contributed by atoms with E-state index in [9.17, 15) is 9.59 Å². The fourth-order valence-corrected chi connectivity index (χ4v) is 6.34. The van der Waals surface area contributed by atoms with Gasteiger partial charge in [0.25, 0.3) is 11.8 Å². The number of benzene rings is 1. The summed E-state index contributed by atoms with van der Waals surface area (Å²) >= 11 is 7.53. The molecule has 2 aliphatic rings. The highest BCUT2D eigenvalue weighted by atomic mass is 35.5. The van der Waals surface area contributed by atoms with Gasteiger partial charge in [0.05, 0.1) is 30.0 Å². The summed E-state index contributed by atoms with van der Waals surface area (Å²) in [7, 11) is 5.33. The lowest BCUT2D eigenvalue weighted by molar-refractivity contribution is -0.0709. The number of carbonyl (C=O) groups excluding carboxylic acids is 2.